The van der Waals surface area contributed by atoms with Gasteiger partial charge in [0, 0.05) is 0 Å². The summed E-state index contributed by atoms with van der Waals surface area (Å²) in [6, 6.07) is 16.8. The zero-order chi connectivity index (χ0) is 16.7. The second-order valence-corrected chi connectivity index (χ2v) is 5.71. The van der Waals surface area contributed by atoms with Crippen LogP contribution in [0.5, 0.6) is 0 Å². The summed E-state index contributed by atoms with van der Waals surface area (Å²) < 4.78 is 0.652. The molecule has 1 N–H and O–H groups in total. The van der Waals surface area contributed by atoms with Crippen LogP contribution in [-0.2, 0) is 4.79 Å². The van der Waals surface area contributed by atoms with E-state index in [2.05, 4.69) is 26.2 Å². The minimum absolute atomic E-state index is 0. The molecule has 0 aliphatic carbocycles. The summed E-state index contributed by atoms with van der Waals surface area (Å²) in [6.45, 7) is 1.99. The van der Waals surface area contributed by atoms with Gasteiger partial charge >= 0.3 is 0 Å². The molecule has 1 amide bonds. The molecule has 0 aliphatic heterocycles. The lowest BCUT2D eigenvalue weighted by molar-refractivity contribution is -0.117. The van der Waals surface area contributed by atoms with Crippen LogP contribution >= 0.6 is 29.4 Å². The van der Waals surface area contributed by atoms with Crippen LogP contribution in [0.2, 0.25) is 0 Å². The number of carbonyl (C=O) groups is 1. The van der Waals surface area contributed by atoms with Crippen molar-refractivity contribution in [3.05, 3.63) is 70.0 Å². The number of amides is 1. The Labute approximate surface area is 157 Å². The van der Waals surface area contributed by atoms with Crippen molar-refractivity contribution in [1.82, 2.24) is 10.3 Å². The van der Waals surface area contributed by atoms with Gasteiger partial charge in [-0.1, -0.05) is 43.3 Å². The summed E-state index contributed by atoms with van der Waals surface area (Å²) in [5.74, 6) is -0.398. The predicted molar refractivity (Wildman–Crippen MR) is 104 cm³/mol. The molecule has 0 unspecified atom stereocenters. The number of halogens is 1. The maximum atomic E-state index is 12.4. The van der Waals surface area contributed by atoms with Gasteiger partial charge in [-0.25, -0.2) is 4.98 Å². The van der Waals surface area contributed by atoms with Gasteiger partial charge in [-0.15, -0.1) is 0 Å². The van der Waals surface area contributed by atoms with Crippen LogP contribution in [0.25, 0.3) is 6.08 Å². The monoisotopic (exact) mass is 403 g/mol. The van der Waals surface area contributed by atoms with Crippen molar-refractivity contribution in [2.45, 2.75) is 19.4 Å². The van der Waals surface area contributed by atoms with Gasteiger partial charge in [0.25, 0.3) is 5.91 Å². The molecular formula is C18H18BrN3OS. The standard InChI is InChI=1S/C18H16BrN3O.H2S/c1-2-16(13-7-4-3-5-8-13)22-18(23)14(12-20)11-15-9-6-10-17(19)21-15;/h3-11,16H,2H2,1H3,(H,22,23);1H2/b14-11+;/t16-;/m0./s1. The number of pyridine rings is 1. The molecule has 0 saturated carbocycles. The molecule has 0 saturated heterocycles. The van der Waals surface area contributed by atoms with Crippen LogP contribution in [0.3, 0.4) is 0 Å². The first-order valence-corrected chi connectivity index (χ1v) is 8.03. The van der Waals surface area contributed by atoms with Gasteiger partial charge in [0.1, 0.15) is 16.2 Å². The number of nitriles is 1. The highest BCUT2D eigenvalue weighted by atomic mass is 79.9. The predicted octanol–water partition coefficient (Wildman–Crippen LogP) is 4.13. The molecule has 1 heterocycles. The minimum Gasteiger partial charge on any atom is -0.345 e. The number of rotatable bonds is 5. The number of nitrogens with one attached hydrogen (secondary N) is 1. The first-order valence-electron chi connectivity index (χ1n) is 7.24. The van der Waals surface area contributed by atoms with E-state index in [1.165, 1.54) is 6.08 Å². The molecule has 2 rings (SSSR count). The van der Waals surface area contributed by atoms with Crippen LogP contribution < -0.4 is 5.32 Å². The number of hydrogen-bond donors (Lipinski definition) is 1. The van der Waals surface area contributed by atoms with E-state index in [1.54, 1.807) is 18.2 Å². The third-order valence-electron chi connectivity index (χ3n) is 3.31. The molecule has 0 aliphatic rings. The Balaban J connectivity index is 0.00000288. The fraction of sp³-hybridized carbons (Fsp3) is 0.167. The molecule has 1 atom stereocenters. The van der Waals surface area contributed by atoms with Crippen LogP contribution in [0.1, 0.15) is 30.6 Å². The second-order valence-electron chi connectivity index (χ2n) is 4.90. The lowest BCUT2D eigenvalue weighted by Gasteiger charge is -2.17. The van der Waals surface area contributed by atoms with Crippen molar-refractivity contribution >= 4 is 41.4 Å². The van der Waals surface area contributed by atoms with Gasteiger partial charge in [-0.3, -0.25) is 4.79 Å². The SMILES string of the molecule is CC[C@H](NC(=O)/C(C#N)=C/c1cccc(Br)n1)c1ccccc1.S. The van der Waals surface area contributed by atoms with Gasteiger partial charge in [0.15, 0.2) is 0 Å². The smallest absolute Gasteiger partial charge is 0.262 e. The number of benzene rings is 1. The lowest BCUT2D eigenvalue weighted by atomic mass is 10.0. The normalized spacial score (nSPS) is 11.8. The van der Waals surface area contributed by atoms with Gasteiger partial charge in [-0.05, 0) is 46.1 Å². The highest BCUT2D eigenvalue weighted by Gasteiger charge is 2.16. The maximum Gasteiger partial charge on any atom is 0.262 e. The number of hydrogen-bond acceptors (Lipinski definition) is 3. The van der Waals surface area contributed by atoms with Gasteiger partial charge in [-0.2, -0.15) is 18.8 Å². The fourth-order valence-corrected chi connectivity index (χ4v) is 2.50. The highest BCUT2D eigenvalue weighted by molar-refractivity contribution is 9.10. The van der Waals surface area contributed by atoms with Crippen molar-refractivity contribution in [2.75, 3.05) is 0 Å². The third-order valence-corrected chi connectivity index (χ3v) is 3.75. The second kappa shape index (κ2) is 9.91. The van der Waals surface area contributed by atoms with E-state index in [0.29, 0.717) is 10.3 Å². The zero-order valence-electron chi connectivity index (χ0n) is 13.2. The van der Waals surface area contributed by atoms with Crippen molar-refractivity contribution < 1.29 is 4.79 Å². The number of nitrogens with zero attached hydrogens (tertiary/aromatic N) is 2. The van der Waals surface area contributed by atoms with E-state index in [-0.39, 0.29) is 25.1 Å². The quantitative estimate of drug-likeness (QED) is 0.463. The van der Waals surface area contributed by atoms with Gasteiger partial charge in [0.2, 0.25) is 0 Å². The van der Waals surface area contributed by atoms with Crippen molar-refractivity contribution in [1.29, 1.82) is 5.26 Å². The molecule has 2 aromatic rings. The maximum absolute atomic E-state index is 12.4. The van der Waals surface area contributed by atoms with Crippen molar-refractivity contribution in [2.24, 2.45) is 0 Å². The van der Waals surface area contributed by atoms with Crippen LogP contribution in [0.15, 0.2) is 58.7 Å². The Morgan fingerprint density at radius 1 is 1.29 bits per heavy atom. The number of carbonyl (C=O) groups excluding carboxylic acids is 1. The molecular weight excluding hydrogens is 386 g/mol. The molecule has 1 aromatic heterocycles. The van der Waals surface area contributed by atoms with E-state index >= 15 is 0 Å². The molecule has 6 heteroatoms. The van der Waals surface area contributed by atoms with E-state index in [1.807, 2.05) is 43.3 Å². The summed E-state index contributed by atoms with van der Waals surface area (Å²) >= 11 is 3.27. The summed E-state index contributed by atoms with van der Waals surface area (Å²) in [5.41, 5.74) is 1.60. The molecule has 0 bridgehead atoms. The van der Waals surface area contributed by atoms with Crippen LogP contribution in [0, 0.1) is 11.3 Å². The molecule has 1 aromatic carbocycles. The molecule has 124 valence electrons. The van der Waals surface area contributed by atoms with Gasteiger partial charge in [0.05, 0.1) is 11.7 Å². The summed E-state index contributed by atoms with van der Waals surface area (Å²) in [7, 11) is 0. The topological polar surface area (TPSA) is 65.8 Å². The zero-order valence-corrected chi connectivity index (χ0v) is 15.7. The molecule has 0 spiro atoms. The highest BCUT2D eigenvalue weighted by Crippen LogP contribution is 2.17. The van der Waals surface area contributed by atoms with Crippen molar-refractivity contribution in [3.63, 3.8) is 0 Å². The average Bonchev–Trinajstić information content (AvgIpc) is 2.58. The van der Waals surface area contributed by atoms with E-state index in [9.17, 15) is 10.1 Å². The Kier molecular flexibility index (Phi) is 8.24. The Hall–Kier alpha value is -2.10. The number of aromatic nitrogens is 1. The largest absolute Gasteiger partial charge is 0.345 e. The summed E-state index contributed by atoms with van der Waals surface area (Å²) in [6.07, 6.45) is 2.22. The molecule has 0 fully saturated rings. The van der Waals surface area contributed by atoms with E-state index in [4.69, 9.17) is 0 Å². The molecule has 4 nitrogen and oxygen atoms in total. The summed E-state index contributed by atoms with van der Waals surface area (Å²) in [5, 5.41) is 12.2. The Morgan fingerprint density at radius 3 is 2.58 bits per heavy atom. The Bertz CT molecular complexity index is 756. The first-order chi connectivity index (χ1) is 11.1. The minimum atomic E-state index is -0.398. The summed E-state index contributed by atoms with van der Waals surface area (Å²) in [4.78, 5) is 16.6. The van der Waals surface area contributed by atoms with E-state index in [0.717, 1.165) is 12.0 Å². The average molecular weight is 404 g/mol. The van der Waals surface area contributed by atoms with E-state index < -0.39 is 5.91 Å². The fourth-order valence-electron chi connectivity index (χ4n) is 2.14. The lowest BCUT2D eigenvalue weighted by Crippen LogP contribution is -2.29. The molecule has 24 heavy (non-hydrogen) atoms. The van der Waals surface area contributed by atoms with Crippen LogP contribution in [0.4, 0.5) is 0 Å². The first kappa shape index (κ1) is 19.9. The van der Waals surface area contributed by atoms with Crippen LogP contribution in [-0.4, -0.2) is 10.9 Å². The van der Waals surface area contributed by atoms with Crippen molar-refractivity contribution in [3.8, 4) is 6.07 Å². The molecule has 0 radical (unpaired) electrons. The Morgan fingerprint density at radius 2 is 2.00 bits per heavy atom. The third kappa shape index (κ3) is 5.52. The van der Waals surface area contributed by atoms with Gasteiger partial charge < -0.3 is 5.32 Å².